The van der Waals surface area contributed by atoms with E-state index in [9.17, 15) is 0 Å². The molecule has 1 aromatic heterocycles. The Labute approximate surface area is 144 Å². The molecule has 24 heavy (non-hydrogen) atoms. The molecule has 0 atom stereocenters. The van der Waals surface area contributed by atoms with Crippen molar-refractivity contribution in [2.24, 2.45) is 0 Å². The second-order valence-corrected chi connectivity index (χ2v) is 7.51. The molecule has 0 amide bonds. The zero-order chi connectivity index (χ0) is 17.5. The van der Waals surface area contributed by atoms with Crippen LogP contribution in [0.5, 0.6) is 0 Å². The lowest BCUT2D eigenvalue weighted by atomic mass is 9.77. The third kappa shape index (κ3) is 3.19. The van der Waals surface area contributed by atoms with E-state index in [1.54, 1.807) is 0 Å². The maximum absolute atomic E-state index is 6.12. The molecule has 1 aliphatic heterocycles. The molecule has 0 saturated carbocycles. The Morgan fingerprint density at radius 2 is 1.54 bits per heavy atom. The Kier molecular flexibility index (Phi) is 4.18. The van der Waals surface area contributed by atoms with E-state index in [1.807, 2.05) is 12.3 Å². The average Bonchev–Trinajstić information content (AvgIpc) is 2.70. The normalized spacial score (nSPS) is 18.7. The van der Waals surface area contributed by atoms with Crippen molar-refractivity contribution in [1.29, 1.82) is 0 Å². The van der Waals surface area contributed by atoms with Crippen molar-refractivity contribution in [3.05, 3.63) is 47.7 Å². The fraction of sp³-hybridized carbons (Fsp3) is 0.421. The lowest BCUT2D eigenvalue weighted by Gasteiger charge is -2.32. The summed E-state index contributed by atoms with van der Waals surface area (Å²) in [6.45, 7) is 12.4. The first-order valence-electron chi connectivity index (χ1n) is 8.34. The highest BCUT2D eigenvalue weighted by Crippen LogP contribution is 2.36. The summed E-state index contributed by atoms with van der Waals surface area (Å²) in [4.78, 5) is 4.53. The van der Waals surface area contributed by atoms with Gasteiger partial charge in [-0.25, -0.2) is 4.98 Å². The van der Waals surface area contributed by atoms with Gasteiger partial charge in [0.1, 0.15) is 5.82 Å². The molecule has 126 valence electrons. The lowest BCUT2D eigenvalue weighted by Crippen LogP contribution is -2.41. The van der Waals surface area contributed by atoms with Gasteiger partial charge in [-0.15, -0.1) is 0 Å². The number of hydrogen-bond donors (Lipinski definition) is 1. The van der Waals surface area contributed by atoms with Gasteiger partial charge in [-0.1, -0.05) is 17.7 Å². The minimum atomic E-state index is -0.379. The molecular weight excluding hydrogens is 299 g/mol. The summed E-state index contributed by atoms with van der Waals surface area (Å²) in [5.74, 6) is 0.816. The number of rotatable bonds is 3. The van der Waals surface area contributed by atoms with Crippen molar-refractivity contribution < 1.29 is 9.31 Å². The van der Waals surface area contributed by atoms with E-state index in [4.69, 9.17) is 9.31 Å². The molecule has 1 fully saturated rings. The van der Waals surface area contributed by atoms with Gasteiger partial charge >= 0.3 is 7.12 Å². The highest BCUT2D eigenvalue weighted by Gasteiger charge is 2.52. The number of hydrogen-bond acceptors (Lipinski definition) is 4. The van der Waals surface area contributed by atoms with Gasteiger partial charge < -0.3 is 14.6 Å². The quantitative estimate of drug-likeness (QED) is 0.874. The highest BCUT2D eigenvalue weighted by atomic mass is 16.7. The Hall–Kier alpha value is -1.85. The summed E-state index contributed by atoms with van der Waals surface area (Å²) in [6, 6.07) is 10.3. The van der Waals surface area contributed by atoms with Crippen LogP contribution in [0.1, 0.15) is 38.8 Å². The number of nitrogens with zero attached hydrogens (tertiary/aromatic N) is 1. The molecule has 1 saturated heterocycles. The van der Waals surface area contributed by atoms with Crippen LogP contribution in [0.25, 0.3) is 0 Å². The minimum absolute atomic E-state index is 0.344. The molecule has 0 radical (unpaired) electrons. The van der Waals surface area contributed by atoms with Gasteiger partial charge in [0.15, 0.2) is 0 Å². The van der Waals surface area contributed by atoms with Crippen molar-refractivity contribution in [2.45, 2.75) is 52.7 Å². The summed E-state index contributed by atoms with van der Waals surface area (Å²) < 4.78 is 12.2. The number of benzene rings is 1. The fourth-order valence-corrected chi connectivity index (χ4v) is 2.64. The van der Waals surface area contributed by atoms with E-state index in [-0.39, 0.29) is 18.3 Å². The smallest absolute Gasteiger partial charge is 0.399 e. The molecule has 0 unspecified atom stereocenters. The predicted molar refractivity (Wildman–Crippen MR) is 99.2 cm³/mol. The maximum atomic E-state index is 6.12. The summed E-state index contributed by atoms with van der Waals surface area (Å²) in [5, 5.41) is 3.33. The van der Waals surface area contributed by atoms with E-state index in [2.05, 4.69) is 76.1 Å². The van der Waals surface area contributed by atoms with Gasteiger partial charge in [-0.2, -0.15) is 0 Å². The molecule has 2 heterocycles. The number of pyridine rings is 1. The lowest BCUT2D eigenvalue weighted by molar-refractivity contribution is 0.00578. The van der Waals surface area contributed by atoms with Crippen LogP contribution in [-0.4, -0.2) is 23.3 Å². The van der Waals surface area contributed by atoms with E-state index in [1.165, 1.54) is 5.56 Å². The Balaban J connectivity index is 1.79. The molecule has 1 aliphatic rings. The largest absolute Gasteiger partial charge is 0.496 e. The molecule has 4 nitrogen and oxygen atoms in total. The van der Waals surface area contributed by atoms with Gasteiger partial charge in [0, 0.05) is 17.3 Å². The molecule has 5 heteroatoms. The van der Waals surface area contributed by atoms with Crippen LogP contribution in [0, 0.1) is 13.8 Å². The fourth-order valence-electron chi connectivity index (χ4n) is 2.64. The van der Waals surface area contributed by atoms with Crippen LogP contribution in [0.4, 0.5) is 11.5 Å². The van der Waals surface area contributed by atoms with Crippen LogP contribution in [-0.2, 0) is 9.31 Å². The molecular formula is C19H25BN2O2. The number of aromatic nitrogens is 1. The van der Waals surface area contributed by atoms with E-state index >= 15 is 0 Å². The molecule has 2 aromatic rings. The molecule has 3 rings (SSSR count). The highest BCUT2D eigenvalue weighted by molar-refractivity contribution is 6.62. The molecule has 1 N–H and O–H groups in total. The zero-order valence-electron chi connectivity index (χ0n) is 15.3. The van der Waals surface area contributed by atoms with Gasteiger partial charge in [0.25, 0.3) is 0 Å². The Morgan fingerprint density at radius 1 is 0.958 bits per heavy atom. The number of aryl methyl sites for hydroxylation is 2. The van der Waals surface area contributed by atoms with Crippen LogP contribution < -0.4 is 10.8 Å². The zero-order valence-corrected chi connectivity index (χ0v) is 15.3. The van der Waals surface area contributed by atoms with Crippen LogP contribution in [0.15, 0.2) is 36.5 Å². The topological polar surface area (TPSA) is 43.4 Å². The molecule has 0 spiro atoms. The third-order valence-electron chi connectivity index (χ3n) is 4.98. The first kappa shape index (κ1) is 17.0. The molecule has 0 aliphatic carbocycles. The van der Waals surface area contributed by atoms with Crippen LogP contribution in [0.3, 0.4) is 0 Å². The predicted octanol–water partition coefficient (Wildman–Crippen LogP) is 3.74. The second-order valence-electron chi connectivity index (χ2n) is 7.51. The number of nitrogens with one attached hydrogen (secondary N) is 1. The van der Waals surface area contributed by atoms with E-state index < -0.39 is 0 Å². The second kappa shape index (κ2) is 5.90. The van der Waals surface area contributed by atoms with Crippen LogP contribution in [0.2, 0.25) is 0 Å². The Bertz CT molecular complexity index is 726. The van der Waals surface area contributed by atoms with Crippen molar-refractivity contribution in [3.63, 3.8) is 0 Å². The summed E-state index contributed by atoms with van der Waals surface area (Å²) in [5.41, 5.74) is 3.64. The van der Waals surface area contributed by atoms with Crippen molar-refractivity contribution in [1.82, 2.24) is 4.98 Å². The SMILES string of the molecule is Cc1ccc(Nc2cc(C)c(B3OC(C)(C)C(C)(C)O3)cn2)cc1. The van der Waals surface area contributed by atoms with Gasteiger partial charge in [-0.05, 0) is 65.3 Å². The minimum Gasteiger partial charge on any atom is -0.399 e. The molecule has 1 aromatic carbocycles. The number of anilines is 2. The van der Waals surface area contributed by atoms with Gasteiger partial charge in [0.05, 0.1) is 11.2 Å². The Morgan fingerprint density at radius 3 is 2.08 bits per heavy atom. The van der Waals surface area contributed by atoms with Crippen LogP contribution >= 0.6 is 0 Å². The average molecular weight is 324 g/mol. The monoisotopic (exact) mass is 324 g/mol. The van der Waals surface area contributed by atoms with Gasteiger partial charge in [0.2, 0.25) is 0 Å². The third-order valence-corrected chi connectivity index (χ3v) is 4.98. The van der Waals surface area contributed by atoms with E-state index in [0.29, 0.717) is 0 Å². The molecule has 0 bridgehead atoms. The summed E-state index contributed by atoms with van der Waals surface area (Å²) in [7, 11) is -0.379. The summed E-state index contributed by atoms with van der Waals surface area (Å²) >= 11 is 0. The van der Waals surface area contributed by atoms with Crippen molar-refractivity contribution >= 4 is 24.1 Å². The van der Waals surface area contributed by atoms with Crippen molar-refractivity contribution in [2.75, 3.05) is 5.32 Å². The maximum Gasteiger partial charge on any atom is 0.496 e. The first-order valence-corrected chi connectivity index (χ1v) is 8.34. The summed E-state index contributed by atoms with van der Waals surface area (Å²) in [6.07, 6.45) is 1.84. The van der Waals surface area contributed by atoms with Crippen molar-refractivity contribution in [3.8, 4) is 0 Å². The first-order chi connectivity index (χ1) is 11.2. The van der Waals surface area contributed by atoms with Gasteiger partial charge in [-0.3, -0.25) is 0 Å². The standard InChI is InChI=1S/C19H25BN2O2/c1-13-7-9-15(10-8-13)22-17-11-14(2)16(12-21-17)20-23-18(3,4)19(5,6)24-20/h7-12H,1-6H3,(H,21,22). The van der Waals surface area contributed by atoms with E-state index in [0.717, 1.165) is 22.5 Å².